The van der Waals surface area contributed by atoms with Crippen LogP contribution in [0.25, 0.3) is 0 Å². The van der Waals surface area contributed by atoms with Gasteiger partial charge in [0.25, 0.3) is 0 Å². The number of ether oxygens (including phenoxy) is 3. The minimum atomic E-state index is 0.109. The summed E-state index contributed by atoms with van der Waals surface area (Å²) in [7, 11) is 3.45. The Bertz CT molecular complexity index is 180. The van der Waals surface area contributed by atoms with Crippen LogP contribution in [0.15, 0.2) is 0 Å². The van der Waals surface area contributed by atoms with Crippen molar-refractivity contribution in [3.05, 3.63) is 0 Å². The molecular weight excluding hydrogens is 208 g/mol. The van der Waals surface area contributed by atoms with E-state index in [1.807, 2.05) is 6.92 Å². The first kappa shape index (κ1) is 13.9. The summed E-state index contributed by atoms with van der Waals surface area (Å²) in [5.74, 6) is 0. The number of hydrogen-bond donors (Lipinski definition) is 1. The number of methoxy groups -OCH3 is 2. The topological polar surface area (TPSA) is 57.0 Å². The average molecular weight is 232 g/mol. The third-order valence-electron chi connectivity index (χ3n) is 3.02. The minimum absolute atomic E-state index is 0.109. The maximum Gasteiger partial charge on any atom is 0.0971 e. The van der Waals surface area contributed by atoms with Gasteiger partial charge in [-0.15, -0.1) is 0 Å². The second-order valence-corrected chi connectivity index (χ2v) is 4.08. The van der Waals surface area contributed by atoms with Gasteiger partial charge in [0.1, 0.15) is 0 Å². The summed E-state index contributed by atoms with van der Waals surface area (Å²) in [6.45, 7) is 5.88. The average Bonchev–Trinajstić information content (AvgIpc) is 2.70. The Morgan fingerprint density at radius 1 is 1.25 bits per heavy atom. The lowest BCUT2D eigenvalue weighted by Crippen LogP contribution is -2.37. The van der Waals surface area contributed by atoms with Crippen LogP contribution in [0.5, 0.6) is 0 Å². The lowest BCUT2D eigenvalue weighted by molar-refractivity contribution is -0.00461. The molecule has 96 valence electrons. The van der Waals surface area contributed by atoms with E-state index in [-0.39, 0.29) is 18.3 Å². The van der Waals surface area contributed by atoms with Crippen LogP contribution in [0.1, 0.15) is 6.92 Å². The van der Waals surface area contributed by atoms with E-state index < -0.39 is 0 Å². The summed E-state index contributed by atoms with van der Waals surface area (Å²) in [4.78, 5) is 2.29. The Labute approximate surface area is 97.8 Å². The molecule has 1 aliphatic heterocycles. The van der Waals surface area contributed by atoms with Crippen molar-refractivity contribution < 1.29 is 14.2 Å². The summed E-state index contributed by atoms with van der Waals surface area (Å²) in [6, 6.07) is 0. The molecule has 1 aliphatic rings. The van der Waals surface area contributed by atoms with E-state index in [9.17, 15) is 0 Å². The molecule has 5 heteroatoms. The molecule has 0 amide bonds. The number of nitrogens with zero attached hydrogens (tertiary/aromatic N) is 1. The van der Waals surface area contributed by atoms with Crippen LogP contribution < -0.4 is 5.73 Å². The van der Waals surface area contributed by atoms with Gasteiger partial charge in [-0.1, -0.05) is 0 Å². The van der Waals surface area contributed by atoms with E-state index in [1.54, 1.807) is 14.2 Å². The quantitative estimate of drug-likeness (QED) is 0.653. The second kappa shape index (κ2) is 7.19. The molecular formula is C11H24N2O3. The van der Waals surface area contributed by atoms with Gasteiger partial charge in [0.2, 0.25) is 0 Å². The van der Waals surface area contributed by atoms with Gasteiger partial charge >= 0.3 is 0 Å². The first-order valence-electron chi connectivity index (χ1n) is 5.84. The van der Waals surface area contributed by atoms with E-state index in [0.29, 0.717) is 13.2 Å². The third-order valence-corrected chi connectivity index (χ3v) is 3.02. The summed E-state index contributed by atoms with van der Waals surface area (Å²) in [5.41, 5.74) is 5.66. The number of hydrogen-bond acceptors (Lipinski definition) is 5. The maximum absolute atomic E-state index is 5.66. The number of nitrogens with two attached hydrogens (primary N) is 1. The molecule has 0 saturated carbocycles. The van der Waals surface area contributed by atoms with Crippen molar-refractivity contribution in [2.75, 3.05) is 47.0 Å². The highest BCUT2D eigenvalue weighted by Gasteiger charge is 2.33. The van der Waals surface area contributed by atoms with Crippen LogP contribution >= 0.6 is 0 Å². The van der Waals surface area contributed by atoms with Crippen LogP contribution in [0, 0.1) is 0 Å². The van der Waals surface area contributed by atoms with Crippen LogP contribution in [0.3, 0.4) is 0 Å². The fourth-order valence-electron chi connectivity index (χ4n) is 2.14. The normalized spacial score (nSPS) is 28.5. The SMILES string of the molecule is CCOC(CN)CN1CC(OC)C(OC)C1. The monoisotopic (exact) mass is 232 g/mol. The zero-order valence-electron chi connectivity index (χ0n) is 10.5. The highest BCUT2D eigenvalue weighted by atomic mass is 16.5. The lowest BCUT2D eigenvalue weighted by Gasteiger charge is -2.22. The molecule has 0 aromatic rings. The van der Waals surface area contributed by atoms with Gasteiger partial charge < -0.3 is 19.9 Å². The molecule has 0 spiro atoms. The van der Waals surface area contributed by atoms with Gasteiger partial charge in [0.15, 0.2) is 0 Å². The number of likely N-dealkylation sites (tertiary alicyclic amines) is 1. The van der Waals surface area contributed by atoms with Gasteiger partial charge in [-0.05, 0) is 6.92 Å². The summed E-state index contributed by atoms with van der Waals surface area (Å²) in [6.07, 6.45) is 0.424. The molecule has 3 unspecified atom stereocenters. The smallest absolute Gasteiger partial charge is 0.0971 e. The molecule has 2 N–H and O–H groups in total. The highest BCUT2D eigenvalue weighted by molar-refractivity contribution is 4.86. The van der Waals surface area contributed by atoms with Crippen LogP contribution in [-0.4, -0.2) is 70.2 Å². The second-order valence-electron chi connectivity index (χ2n) is 4.08. The first-order chi connectivity index (χ1) is 7.74. The van der Waals surface area contributed by atoms with Crippen molar-refractivity contribution in [1.29, 1.82) is 0 Å². The number of rotatable bonds is 7. The maximum atomic E-state index is 5.66. The Morgan fingerprint density at radius 2 is 1.81 bits per heavy atom. The fourth-order valence-corrected chi connectivity index (χ4v) is 2.14. The standard InChI is InChI=1S/C11H24N2O3/c1-4-16-9(5-12)6-13-7-10(14-2)11(8-13)15-3/h9-11H,4-8,12H2,1-3H3. The molecule has 0 aliphatic carbocycles. The van der Waals surface area contributed by atoms with Crippen LogP contribution in [0.2, 0.25) is 0 Å². The zero-order chi connectivity index (χ0) is 12.0. The van der Waals surface area contributed by atoms with E-state index in [0.717, 1.165) is 19.6 Å². The molecule has 5 nitrogen and oxygen atoms in total. The lowest BCUT2D eigenvalue weighted by atomic mass is 10.3. The zero-order valence-corrected chi connectivity index (χ0v) is 10.5. The Balaban J connectivity index is 2.38. The Morgan fingerprint density at radius 3 is 2.19 bits per heavy atom. The molecule has 0 radical (unpaired) electrons. The molecule has 1 saturated heterocycles. The Hall–Kier alpha value is -0.200. The molecule has 1 fully saturated rings. The highest BCUT2D eigenvalue weighted by Crippen LogP contribution is 2.16. The van der Waals surface area contributed by atoms with E-state index in [2.05, 4.69) is 4.90 Å². The molecule has 0 aromatic carbocycles. The van der Waals surface area contributed by atoms with Crippen molar-refractivity contribution in [2.45, 2.75) is 25.2 Å². The van der Waals surface area contributed by atoms with Crippen molar-refractivity contribution in [1.82, 2.24) is 4.90 Å². The van der Waals surface area contributed by atoms with E-state index in [4.69, 9.17) is 19.9 Å². The summed E-state index contributed by atoms with van der Waals surface area (Å²) in [5, 5.41) is 0. The first-order valence-corrected chi connectivity index (χ1v) is 5.84. The molecule has 1 rings (SSSR count). The molecule has 16 heavy (non-hydrogen) atoms. The summed E-state index contributed by atoms with van der Waals surface area (Å²) >= 11 is 0. The van der Waals surface area contributed by atoms with Gasteiger partial charge in [0, 0.05) is 47.0 Å². The van der Waals surface area contributed by atoms with Crippen LogP contribution in [-0.2, 0) is 14.2 Å². The fraction of sp³-hybridized carbons (Fsp3) is 1.00. The van der Waals surface area contributed by atoms with Crippen LogP contribution in [0.4, 0.5) is 0 Å². The van der Waals surface area contributed by atoms with Gasteiger partial charge in [-0.2, -0.15) is 0 Å². The Kier molecular flexibility index (Phi) is 6.23. The van der Waals surface area contributed by atoms with Crippen molar-refractivity contribution >= 4 is 0 Å². The van der Waals surface area contributed by atoms with Gasteiger partial charge in [0.05, 0.1) is 18.3 Å². The van der Waals surface area contributed by atoms with Crippen molar-refractivity contribution in [3.8, 4) is 0 Å². The third kappa shape index (κ3) is 3.68. The van der Waals surface area contributed by atoms with Crippen molar-refractivity contribution in [2.24, 2.45) is 5.73 Å². The molecule has 1 heterocycles. The molecule has 0 aromatic heterocycles. The summed E-state index contributed by atoms with van der Waals surface area (Å²) < 4.78 is 16.3. The van der Waals surface area contributed by atoms with Gasteiger partial charge in [-0.3, -0.25) is 4.90 Å². The molecule has 3 atom stereocenters. The minimum Gasteiger partial charge on any atom is -0.377 e. The van der Waals surface area contributed by atoms with E-state index in [1.165, 1.54) is 0 Å². The predicted molar refractivity (Wildman–Crippen MR) is 62.5 cm³/mol. The van der Waals surface area contributed by atoms with Gasteiger partial charge in [-0.25, -0.2) is 0 Å². The largest absolute Gasteiger partial charge is 0.377 e. The molecule has 0 bridgehead atoms. The van der Waals surface area contributed by atoms with E-state index >= 15 is 0 Å². The predicted octanol–water partition coefficient (Wildman–Crippen LogP) is -0.304. The van der Waals surface area contributed by atoms with Crippen molar-refractivity contribution in [3.63, 3.8) is 0 Å².